The van der Waals surface area contributed by atoms with E-state index in [1.165, 1.54) is 26.4 Å². The molecule has 0 bridgehead atoms. The summed E-state index contributed by atoms with van der Waals surface area (Å²) in [5.74, 6) is -3.06. The van der Waals surface area contributed by atoms with Crippen LogP contribution < -0.4 is 11.1 Å². The number of nitrogens with two attached hydrogens (primary N) is 1. The number of amides is 2. The number of nitrogens with zero attached hydrogens (tertiary/aromatic N) is 3. The maximum absolute atomic E-state index is 14.2. The first-order valence-corrected chi connectivity index (χ1v) is 8.53. The molecule has 0 aliphatic rings. The highest BCUT2D eigenvalue weighted by atomic mass is 19.4. The number of rotatable bonds is 3. The molecule has 0 radical (unpaired) electrons. The molecule has 2 aromatic heterocycles. The van der Waals surface area contributed by atoms with Crippen LogP contribution in [0.5, 0.6) is 0 Å². The fourth-order valence-corrected chi connectivity index (χ4v) is 2.81. The third-order valence-corrected chi connectivity index (χ3v) is 4.64. The van der Waals surface area contributed by atoms with Gasteiger partial charge in [0.2, 0.25) is 0 Å². The Morgan fingerprint density at radius 1 is 1.27 bits per heavy atom. The van der Waals surface area contributed by atoms with E-state index in [1.807, 2.05) is 0 Å². The number of nitrogens with one attached hydrogen (secondary N) is 2. The monoisotopic (exact) mass is 424 g/mol. The summed E-state index contributed by atoms with van der Waals surface area (Å²) in [6.45, 7) is 1.38. The molecule has 0 saturated heterocycles. The van der Waals surface area contributed by atoms with Crippen molar-refractivity contribution in [2.24, 2.45) is 0 Å². The van der Waals surface area contributed by atoms with Gasteiger partial charge in [-0.25, -0.2) is 9.37 Å². The van der Waals surface area contributed by atoms with Gasteiger partial charge in [-0.3, -0.25) is 14.7 Å². The van der Waals surface area contributed by atoms with Crippen LogP contribution in [0.25, 0.3) is 10.9 Å². The summed E-state index contributed by atoms with van der Waals surface area (Å²) in [6, 6.07) is 0.978. The van der Waals surface area contributed by atoms with E-state index in [1.54, 1.807) is 0 Å². The van der Waals surface area contributed by atoms with Crippen LogP contribution in [0.3, 0.4) is 0 Å². The number of H-pyrrole nitrogens is 1. The van der Waals surface area contributed by atoms with E-state index in [-0.39, 0.29) is 17.1 Å². The van der Waals surface area contributed by atoms with E-state index < -0.39 is 35.4 Å². The minimum absolute atomic E-state index is 0.150. The molecule has 1 atom stereocenters. The topological polar surface area (TPSA) is 117 Å². The molecule has 2 amide bonds. The molecule has 8 nitrogen and oxygen atoms in total. The Bertz CT molecular complexity index is 1130. The zero-order chi connectivity index (χ0) is 22.2. The van der Waals surface area contributed by atoms with E-state index in [2.05, 4.69) is 20.5 Å². The molecule has 2 heterocycles. The number of benzene rings is 1. The first kappa shape index (κ1) is 21.0. The Labute approximate surface area is 167 Å². The number of fused-ring (bicyclic) bond motifs is 1. The summed E-state index contributed by atoms with van der Waals surface area (Å²) in [6.07, 6.45) is -2.06. The van der Waals surface area contributed by atoms with E-state index in [0.717, 1.165) is 11.0 Å². The van der Waals surface area contributed by atoms with Crippen molar-refractivity contribution < 1.29 is 27.2 Å². The van der Waals surface area contributed by atoms with Gasteiger partial charge in [0.1, 0.15) is 11.6 Å². The largest absolute Gasteiger partial charge is 0.416 e. The van der Waals surface area contributed by atoms with Crippen molar-refractivity contribution in [2.75, 3.05) is 18.1 Å². The molecule has 0 spiro atoms. The van der Waals surface area contributed by atoms with Gasteiger partial charge >= 0.3 is 18.0 Å². The molecule has 0 aliphatic carbocycles. The van der Waals surface area contributed by atoms with Gasteiger partial charge in [-0.2, -0.15) is 18.3 Å². The molecule has 30 heavy (non-hydrogen) atoms. The van der Waals surface area contributed by atoms with Crippen molar-refractivity contribution in [3.8, 4) is 0 Å². The van der Waals surface area contributed by atoms with E-state index in [9.17, 15) is 27.2 Å². The predicted molar refractivity (Wildman–Crippen MR) is 99.5 cm³/mol. The summed E-state index contributed by atoms with van der Waals surface area (Å²) in [5.41, 5.74) is 4.88. The number of carbonyl (C=O) groups excluding carboxylic acids is 2. The fraction of sp³-hybridized carbons (Fsp3) is 0.222. The van der Waals surface area contributed by atoms with Crippen LogP contribution in [0.4, 0.5) is 29.1 Å². The third kappa shape index (κ3) is 3.88. The first-order valence-electron chi connectivity index (χ1n) is 8.53. The number of aromatic nitrogens is 3. The van der Waals surface area contributed by atoms with Crippen molar-refractivity contribution in [3.05, 3.63) is 47.5 Å². The maximum atomic E-state index is 14.2. The second kappa shape index (κ2) is 7.61. The molecular formula is C18H16F4N6O2. The first-order chi connectivity index (χ1) is 14.0. The minimum atomic E-state index is -4.70. The van der Waals surface area contributed by atoms with Crippen molar-refractivity contribution >= 4 is 34.2 Å². The minimum Gasteiger partial charge on any atom is -0.383 e. The number of hydrogen-bond donors (Lipinski definition) is 3. The molecule has 0 aliphatic heterocycles. The number of hydrogen-bond acceptors (Lipinski definition) is 5. The Kier molecular flexibility index (Phi) is 5.33. The smallest absolute Gasteiger partial charge is 0.383 e. The summed E-state index contributed by atoms with van der Waals surface area (Å²) >= 11 is 0. The maximum Gasteiger partial charge on any atom is 0.416 e. The van der Waals surface area contributed by atoms with Gasteiger partial charge in [-0.05, 0) is 19.1 Å². The average molecular weight is 424 g/mol. The van der Waals surface area contributed by atoms with Crippen LogP contribution in [0.1, 0.15) is 24.1 Å². The Morgan fingerprint density at radius 2 is 1.97 bits per heavy atom. The number of halogens is 4. The lowest BCUT2D eigenvalue weighted by Gasteiger charge is -2.25. The standard InChI is InChI=1S/C18H16F4N6O2/c1-8(10-4-3-9(5-12(10)19)18(20,21)22)28(2)17(30)16(29)26-13-7-24-15(23)11-6-25-27-14(11)13/h3-8H,1-2H3,(H2,23,24)(H,25,27)(H,26,29). The molecule has 3 rings (SSSR count). The number of likely N-dealkylation sites (N-methyl/N-ethyl adjacent to an activating group) is 1. The Morgan fingerprint density at radius 3 is 2.60 bits per heavy atom. The van der Waals surface area contributed by atoms with Crippen molar-refractivity contribution in [2.45, 2.75) is 19.1 Å². The molecule has 0 saturated carbocycles. The Balaban J connectivity index is 1.78. The zero-order valence-corrected chi connectivity index (χ0v) is 15.7. The highest BCUT2D eigenvalue weighted by molar-refractivity contribution is 6.40. The number of anilines is 2. The van der Waals surface area contributed by atoms with Crippen molar-refractivity contribution in [3.63, 3.8) is 0 Å². The number of nitrogen functional groups attached to an aromatic ring is 1. The SMILES string of the molecule is CC(c1ccc(C(F)(F)F)cc1F)N(C)C(=O)C(=O)Nc1cnc(N)c2cn[nH]c12. The molecule has 0 fully saturated rings. The van der Waals surface area contributed by atoms with Gasteiger partial charge in [0.05, 0.1) is 40.6 Å². The van der Waals surface area contributed by atoms with Crippen LogP contribution in [-0.4, -0.2) is 38.9 Å². The number of aromatic amines is 1. The molecule has 12 heteroatoms. The number of pyridine rings is 1. The summed E-state index contributed by atoms with van der Waals surface area (Å²) in [5, 5.41) is 9.23. The number of carbonyl (C=O) groups is 2. The van der Waals surface area contributed by atoms with E-state index in [4.69, 9.17) is 5.73 Å². The summed E-state index contributed by atoms with van der Waals surface area (Å²) < 4.78 is 52.3. The summed E-state index contributed by atoms with van der Waals surface area (Å²) in [7, 11) is 1.23. The van der Waals surface area contributed by atoms with Crippen LogP contribution in [0, 0.1) is 5.82 Å². The molecule has 158 valence electrons. The lowest BCUT2D eigenvalue weighted by Crippen LogP contribution is -2.39. The molecule has 1 aromatic carbocycles. The van der Waals surface area contributed by atoms with Crippen LogP contribution >= 0.6 is 0 Å². The second-order valence-corrected chi connectivity index (χ2v) is 6.50. The fourth-order valence-electron chi connectivity index (χ4n) is 2.81. The quantitative estimate of drug-likeness (QED) is 0.442. The Hall–Kier alpha value is -3.70. The van der Waals surface area contributed by atoms with Crippen molar-refractivity contribution in [1.29, 1.82) is 0 Å². The molecule has 4 N–H and O–H groups in total. The van der Waals surface area contributed by atoms with Gasteiger partial charge in [0.15, 0.2) is 0 Å². The predicted octanol–water partition coefficient (Wildman–Crippen LogP) is 2.86. The van der Waals surface area contributed by atoms with E-state index >= 15 is 0 Å². The summed E-state index contributed by atoms with van der Waals surface area (Å²) in [4.78, 5) is 29.7. The lowest BCUT2D eigenvalue weighted by molar-refractivity contribution is -0.143. The second-order valence-electron chi connectivity index (χ2n) is 6.50. The van der Waals surface area contributed by atoms with Gasteiger partial charge in [-0.1, -0.05) is 6.07 Å². The molecular weight excluding hydrogens is 408 g/mol. The molecule has 1 unspecified atom stereocenters. The van der Waals surface area contributed by atoms with Crippen LogP contribution in [-0.2, 0) is 15.8 Å². The van der Waals surface area contributed by atoms with Gasteiger partial charge < -0.3 is 16.0 Å². The average Bonchev–Trinajstić information content (AvgIpc) is 3.18. The highest BCUT2D eigenvalue weighted by Crippen LogP contribution is 2.32. The van der Waals surface area contributed by atoms with Gasteiger partial charge in [0, 0.05) is 12.6 Å². The number of alkyl halides is 3. The van der Waals surface area contributed by atoms with Crippen molar-refractivity contribution in [1.82, 2.24) is 20.1 Å². The van der Waals surface area contributed by atoms with Crippen LogP contribution in [0.2, 0.25) is 0 Å². The lowest BCUT2D eigenvalue weighted by atomic mass is 10.0. The zero-order valence-electron chi connectivity index (χ0n) is 15.7. The van der Waals surface area contributed by atoms with Crippen LogP contribution in [0.15, 0.2) is 30.6 Å². The van der Waals surface area contributed by atoms with Gasteiger partial charge in [-0.15, -0.1) is 0 Å². The third-order valence-electron chi connectivity index (χ3n) is 4.64. The molecule has 3 aromatic rings. The van der Waals surface area contributed by atoms with E-state index in [0.29, 0.717) is 23.0 Å². The van der Waals surface area contributed by atoms with Gasteiger partial charge in [0.25, 0.3) is 0 Å². The highest BCUT2D eigenvalue weighted by Gasteiger charge is 2.32. The normalized spacial score (nSPS) is 12.6.